The SMILES string of the molecule is COc1ccc(CC(N)c2cccc(Br)c2)cc1OC. The maximum Gasteiger partial charge on any atom is 0.160 e. The molecule has 0 spiro atoms. The van der Waals surface area contributed by atoms with Gasteiger partial charge in [0.2, 0.25) is 0 Å². The second-order valence-electron chi connectivity index (χ2n) is 4.55. The van der Waals surface area contributed by atoms with Crippen LogP contribution in [0.25, 0.3) is 0 Å². The van der Waals surface area contributed by atoms with Crippen LogP contribution in [0.5, 0.6) is 11.5 Å². The Bertz CT molecular complexity index is 586. The Morgan fingerprint density at radius 2 is 1.80 bits per heavy atom. The summed E-state index contributed by atoms with van der Waals surface area (Å²) in [5, 5.41) is 0. The number of rotatable bonds is 5. The standard InChI is InChI=1S/C16H18BrNO2/c1-19-15-7-6-11(9-16(15)20-2)8-14(18)12-4-3-5-13(17)10-12/h3-7,9-10,14H,8,18H2,1-2H3. The van der Waals surface area contributed by atoms with E-state index in [1.165, 1.54) is 0 Å². The monoisotopic (exact) mass is 335 g/mol. The van der Waals surface area contributed by atoms with Crippen molar-refractivity contribution in [1.29, 1.82) is 0 Å². The van der Waals surface area contributed by atoms with Gasteiger partial charge in [-0.15, -0.1) is 0 Å². The molecule has 0 saturated carbocycles. The normalized spacial score (nSPS) is 12.0. The van der Waals surface area contributed by atoms with Gasteiger partial charge in [0.15, 0.2) is 11.5 Å². The first-order valence-electron chi connectivity index (χ1n) is 6.36. The molecule has 0 heterocycles. The van der Waals surface area contributed by atoms with Crippen molar-refractivity contribution in [3.8, 4) is 11.5 Å². The molecule has 0 aliphatic rings. The third kappa shape index (κ3) is 3.52. The lowest BCUT2D eigenvalue weighted by Gasteiger charge is -2.14. The highest BCUT2D eigenvalue weighted by atomic mass is 79.9. The van der Waals surface area contributed by atoms with Crippen molar-refractivity contribution < 1.29 is 9.47 Å². The van der Waals surface area contributed by atoms with Crippen LogP contribution >= 0.6 is 15.9 Å². The third-order valence-electron chi connectivity index (χ3n) is 3.18. The van der Waals surface area contributed by atoms with Crippen LogP contribution in [0.4, 0.5) is 0 Å². The number of benzene rings is 2. The van der Waals surface area contributed by atoms with Crippen LogP contribution in [0.15, 0.2) is 46.9 Å². The topological polar surface area (TPSA) is 44.5 Å². The molecule has 0 radical (unpaired) electrons. The van der Waals surface area contributed by atoms with Gasteiger partial charge in [-0.05, 0) is 41.8 Å². The highest BCUT2D eigenvalue weighted by Gasteiger charge is 2.10. The van der Waals surface area contributed by atoms with Gasteiger partial charge in [-0.3, -0.25) is 0 Å². The fourth-order valence-electron chi connectivity index (χ4n) is 2.12. The Morgan fingerprint density at radius 3 is 2.45 bits per heavy atom. The zero-order valence-corrected chi connectivity index (χ0v) is 13.2. The first-order valence-corrected chi connectivity index (χ1v) is 7.15. The molecule has 106 valence electrons. The van der Waals surface area contributed by atoms with Crippen molar-refractivity contribution >= 4 is 15.9 Å². The van der Waals surface area contributed by atoms with Crippen LogP contribution < -0.4 is 15.2 Å². The molecule has 0 aliphatic heterocycles. The Balaban J connectivity index is 2.17. The van der Waals surface area contributed by atoms with E-state index in [4.69, 9.17) is 15.2 Å². The average molecular weight is 336 g/mol. The number of methoxy groups -OCH3 is 2. The minimum Gasteiger partial charge on any atom is -0.493 e. The third-order valence-corrected chi connectivity index (χ3v) is 3.67. The fraction of sp³-hybridized carbons (Fsp3) is 0.250. The summed E-state index contributed by atoms with van der Waals surface area (Å²) in [5.74, 6) is 1.46. The summed E-state index contributed by atoms with van der Waals surface area (Å²) in [7, 11) is 3.26. The van der Waals surface area contributed by atoms with Crippen LogP contribution in [-0.2, 0) is 6.42 Å². The predicted octanol–water partition coefficient (Wildman–Crippen LogP) is 3.71. The van der Waals surface area contributed by atoms with Crippen LogP contribution in [0, 0.1) is 0 Å². The molecule has 0 saturated heterocycles. The number of hydrogen-bond acceptors (Lipinski definition) is 3. The smallest absolute Gasteiger partial charge is 0.160 e. The van der Waals surface area contributed by atoms with Gasteiger partial charge < -0.3 is 15.2 Å². The van der Waals surface area contributed by atoms with E-state index in [1.807, 2.05) is 42.5 Å². The minimum absolute atomic E-state index is 0.0504. The van der Waals surface area contributed by atoms with Crippen LogP contribution in [0.2, 0.25) is 0 Å². The summed E-state index contributed by atoms with van der Waals surface area (Å²) in [5.41, 5.74) is 8.49. The molecule has 0 amide bonds. The van der Waals surface area contributed by atoms with Gasteiger partial charge in [-0.25, -0.2) is 0 Å². The molecular formula is C16H18BrNO2. The molecule has 2 aromatic carbocycles. The van der Waals surface area contributed by atoms with E-state index < -0.39 is 0 Å². The molecule has 0 aliphatic carbocycles. The summed E-state index contributed by atoms with van der Waals surface area (Å²) in [6.07, 6.45) is 0.747. The Kier molecular flexibility index (Phi) is 5.04. The van der Waals surface area contributed by atoms with Crippen molar-refractivity contribution in [2.45, 2.75) is 12.5 Å². The van der Waals surface area contributed by atoms with Gasteiger partial charge in [-0.2, -0.15) is 0 Å². The van der Waals surface area contributed by atoms with Gasteiger partial charge in [0.25, 0.3) is 0 Å². The molecule has 2 aromatic rings. The quantitative estimate of drug-likeness (QED) is 0.905. The lowest BCUT2D eigenvalue weighted by Crippen LogP contribution is -2.13. The molecule has 0 fully saturated rings. The number of nitrogens with two attached hydrogens (primary N) is 1. The fourth-order valence-corrected chi connectivity index (χ4v) is 2.53. The van der Waals surface area contributed by atoms with Gasteiger partial charge in [0.05, 0.1) is 14.2 Å². The van der Waals surface area contributed by atoms with Crippen molar-refractivity contribution in [1.82, 2.24) is 0 Å². The molecule has 0 bridgehead atoms. The summed E-state index contributed by atoms with van der Waals surface area (Å²) in [6.45, 7) is 0. The van der Waals surface area contributed by atoms with Crippen molar-refractivity contribution in [2.24, 2.45) is 5.73 Å². The van der Waals surface area contributed by atoms with E-state index in [0.29, 0.717) is 0 Å². The lowest BCUT2D eigenvalue weighted by atomic mass is 9.99. The summed E-state index contributed by atoms with van der Waals surface area (Å²) in [4.78, 5) is 0. The Morgan fingerprint density at radius 1 is 1.05 bits per heavy atom. The van der Waals surface area contributed by atoms with Crippen molar-refractivity contribution in [3.05, 3.63) is 58.1 Å². The average Bonchev–Trinajstić information content (AvgIpc) is 2.47. The minimum atomic E-state index is -0.0504. The Labute approximate surface area is 127 Å². The van der Waals surface area contributed by atoms with E-state index in [-0.39, 0.29) is 6.04 Å². The highest BCUT2D eigenvalue weighted by Crippen LogP contribution is 2.29. The number of ether oxygens (including phenoxy) is 2. The molecule has 0 aromatic heterocycles. The molecule has 2 rings (SSSR count). The second kappa shape index (κ2) is 6.77. The van der Waals surface area contributed by atoms with Gasteiger partial charge in [0.1, 0.15) is 0 Å². The molecule has 4 heteroatoms. The van der Waals surface area contributed by atoms with E-state index in [0.717, 1.165) is 33.5 Å². The predicted molar refractivity (Wildman–Crippen MR) is 84.3 cm³/mol. The summed E-state index contributed by atoms with van der Waals surface area (Å²) >= 11 is 3.47. The van der Waals surface area contributed by atoms with E-state index >= 15 is 0 Å². The maximum absolute atomic E-state index is 6.27. The van der Waals surface area contributed by atoms with Crippen molar-refractivity contribution in [2.75, 3.05) is 14.2 Å². The number of halogens is 1. The lowest BCUT2D eigenvalue weighted by molar-refractivity contribution is 0.354. The molecule has 20 heavy (non-hydrogen) atoms. The first kappa shape index (κ1) is 14.9. The maximum atomic E-state index is 6.27. The molecule has 1 unspecified atom stereocenters. The first-order chi connectivity index (χ1) is 9.63. The van der Waals surface area contributed by atoms with E-state index in [2.05, 4.69) is 15.9 Å². The molecule has 3 nitrogen and oxygen atoms in total. The molecule has 1 atom stereocenters. The van der Waals surface area contributed by atoms with Gasteiger partial charge in [0, 0.05) is 10.5 Å². The van der Waals surface area contributed by atoms with Crippen LogP contribution in [0.1, 0.15) is 17.2 Å². The summed E-state index contributed by atoms with van der Waals surface area (Å²) in [6, 6.07) is 13.9. The Hall–Kier alpha value is -1.52. The van der Waals surface area contributed by atoms with Gasteiger partial charge in [-0.1, -0.05) is 34.1 Å². The van der Waals surface area contributed by atoms with Gasteiger partial charge >= 0.3 is 0 Å². The second-order valence-corrected chi connectivity index (χ2v) is 5.47. The highest BCUT2D eigenvalue weighted by molar-refractivity contribution is 9.10. The van der Waals surface area contributed by atoms with E-state index in [1.54, 1.807) is 14.2 Å². The number of hydrogen-bond donors (Lipinski definition) is 1. The zero-order chi connectivity index (χ0) is 14.5. The molecular weight excluding hydrogens is 318 g/mol. The molecule has 2 N–H and O–H groups in total. The van der Waals surface area contributed by atoms with Crippen molar-refractivity contribution in [3.63, 3.8) is 0 Å². The summed E-state index contributed by atoms with van der Waals surface area (Å²) < 4.78 is 11.6. The van der Waals surface area contributed by atoms with Crippen LogP contribution in [-0.4, -0.2) is 14.2 Å². The van der Waals surface area contributed by atoms with Crippen LogP contribution in [0.3, 0.4) is 0 Å². The largest absolute Gasteiger partial charge is 0.493 e. The zero-order valence-electron chi connectivity index (χ0n) is 11.6. The van der Waals surface area contributed by atoms with E-state index in [9.17, 15) is 0 Å².